The first-order valence-electron chi connectivity index (χ1n) is 4.64. The number of methoxy groups -OCH3 is 1. The highest BCUT2D eigenvalue weighted by Gasteiger charge is 2.28. The van der Waals surface area contributed by atoms with Gasteiger partial charge in [-0.2, -0.15) is 0 Å². The zero-order valence-corrected chi connectivity index (χ0v) is 8.01. The van der Waals surface area contributed by atoms with Crippen LogP contribution < -0.4 is 0 Å². The van der Waals surface area contributed by atoms with E-state index in [1.54, 1.807) is 12.3 Å². The predicted molar refractivity (Wildman–Crippen MR) is 50.0 cm³/mol. The van der Waals surface area contributed by atoms with E-state index in [1.807, 2.05) is 10.8 Å². The Morgan fingerprint density at radius 3 is 2.93 bits per heavy atom. The maximum atomic E-state index is 11.1. The van der Waals surface area contributed by atoms with E-state index in [4.69, 9.17) is 5.11 Å². The van der Waals surface area contributed by atoms with Crippen molar-refractivity contribution in [1.29, 1.82) is 0 Å². The number of aromatic nitrogens is 1. The molecular weight excluding hydrogens is 182 g/mol. The van der Waals surface area contributed by atoms with Crippen LogP contribution in [-0.2, 0) is 4.74 Å². The van der Waals surface area contributed by atoms with Crippen LogP contribution in [0, 0.1) is 0 Å². The first-order chi connectivity index (χ1) is 6.70. The second-order valence-corrected chi connectivity index (χ2v) is 3.62. The second-order valence-electron chi connectivity index (χ2n) is 3.62. The third-order valence-electron chi connectivity index (χ3n) is 2.65. The summed E-state index contributed by atoms with van der Waals surface area (Å²) in [6.45, 7) is 0. The van der Waals surface area contributed by atoms with Crippen molar-refractivity contribution in [3.05, 3.63) is 24.0 Å². The number of aliphatic hydroxyl groups is 1. The summed E-state index contributed by atoms with van der Waals surface area (Å²) >= 11 is 0. The summed E-state index contributed by atoms with van der Waals surface area (Å²) in [6, 6.07) is 2.07. The average Bonchev–Trinajstić information content (AvgIpc) is 2.60. The molecule has 0 aromatic carbocycles. The Hall–Kier alpha value is -1.29. The van der Waals surface area contributed by atoms with Crippen molar-refractivity contribution < 1.29 is 14.6 Å². The van der Waals surface area contributed by atoms with E-state index in [0.717, 1.165) is 12.8 Å². The summed E-state index contributed by atoms with van der Waals surface area (Å²) in [6.07, 6.45) is 4.99. The van der Waals surface area contributed by atoms with Crippen LogP contribution in [0.25, 0.3) is 0 Å². The number of aliphatic hydroxyl groups excluding tert-OH is 1. The van der Waals surface area contributed by atoms with Gasteiger partial charge >= 0.3 is 5.97 Å². The Bertz CT molecular complexity index is 339. The fourth-order valence-corrected chi connectivity index (χ4v) is 1.68. The standard InChI is InChI=1S/C10H13NO3/c1-14-10(13)7-2-3-11(6-7)8-4-9(12)5-8/h2-3,6,8-9,12H,4-5H2,1H3. The van der Waals surface area contributed by atoms with Gasteiger partial charge in [0.25, 0.3) is 0 Å². The molecule has 0 amide bonds. The van der Waals surface area contributed by atoms with Gasteiger partial charge in [0.2, 0.25) is 0 Å². The Labute approximate surface area is 82.1 Å². The third kappa shape index (κ3) is 1.53. The van der Waals surface area contributed by atoms with E-state index in [9.17, 15) is 4.79 Å². The molecule has 76 valence electrons. The number of nitrogens with zero attached hydrogens (tertiary/aromatic N) is 1. The van der Waals surface area contributed by atoms with Gasteiger partial charge in [-0.05, 0) is 18.9 Å². The van der Waals surface area contributed by atoms with Gasteiger partial charge in [-0.25, -0.2) is 4.79 Å². The molecule has 1 heterocycles. The lowest BCUT2D eigenvalue weighted by Crippen LogP contribution is -2.30. The highest BCUT2D eigenvalue weighted by molar-refractivity contribution is 5.89. The van der Waals surface area contributed by atoms with E-state index in [-0.39, 0.29) is 12.1 Å². The van der Waals surface area contributed by atoms with Gasteiger partial charge in [-0.3, -0.25) is 0 Å². The van der Waals surface area contributed by atoms with Crippen LogP contribution in [0.1, 0.15) is 29.2 Å². The molecule has 1 N–H and O–H groups in total. The van der Waals surface area contributed by atoms with Gasteiger partial charge in [0.15, 0.2) is 0 Å². The highest BCUT2D eigenvalue weighted by atomic mass is 16.5. The van der Waals surface area contributed by atoms with E-state index in [2.05, 4.69) is 4.74 Å². The van der Waals surface area contributed by atoms with Crippen LogP contribution in [0.2, 0.25) is 0 Å². The summed E-state index contributed by atoms with van der Waals surface area (Å²) < 4.78 is 6.56. The summed E-state index contributed by atoms with van der Waals surface area (Å²) in [4.78, 5) is 11.1. The molecule has 1 aliphatic carbocycles. The zero-order valence-electron chi connectivity index (χ0n) is 8.01. The molecule has 0 spiro atoms. The summed E-state index contributed by atoms with van der Waals surface area (Å²) in [5.74, 6) is -0.316. The number of carbonyl (C=O) groups excluding carboxylic acids is 1. The van der Waals surface area contributed by atoms with Crippen LogP contribution in [0.5, 0.6) is 0 Å². The Morgan fingerprint density at radius 1 is 1.64 bits per heavy atom. The number of carbonyl (C=O) groups is 1. The maximum absolute atomic E-state index is 11.1. The minimum atomic E-state index is -0.316. The lowest BCUT2D eigenvalue weighted by atomic mass is 9.89. The lowest BCUT2D eigenvalue weighted by Gasteiger charge is -2.32. The summed E-state index contributed by atoms with van der Waals surface area (Å²) in [5, 5.41) is 9.14. The fourth-order valence-electron chi connectivity index (χ4n) is 1.68. The van der Waals surface area contributed by atoms with Crippen molar-refractivity contribution in [3.8, 4) is 0 Å². The molecule has 0 aliphatic heterocycles. The molecule has 4 nitrogen and oxygen atoms in total. The van der Waals surface area contributed by atoms with Gasteiger partial charge < -0.3 is 14.4 Å². The van der Waals surface area contributed by atoms with E-state index in [0.29, 0.717) is 11.6 Å². The molecule has 2 rings (SSSR count). The molecule has 1 aromatic rings. The van der Waals surface area contributed by atoms with Gasteiger partial charge in [0, 0.05) is 18.4 Å². The first kappa shape index (κ1) is 9.27. The maximum Gasteiger partial charge on any atom is 0.339 e. The van der Waals surface area contributed by atoms with Gasteiger partial charge in [-0.15, -0.1) is 0 Å². The number of hydrogen-bond donors (Lipinski definition) is 1. The van der Waals surface area contributed by atoms with Crippen molar-refractivity contribution >= 4 is 5.97 Å². The molecule has 0 unspecified atom stereocenters. The number of esters is 1. The number of hydrogen-bond acceptors (Lipinski definition) is 3. The lowest BCUT2D eigenvalue weighted by molar-refractivity contribution is 0.0485. The molecule has 1 fully saturated rings. The van der Waals surface area contributed by atoms with E-state index >= 15 is 0 Å². The van der Waals surface area contributed by atoms with Crippen LogP contribution in [0.3, 0.4) is 0 Å². The Balaban J connectivity index is 2.07. The molecule has 14 heavy (non-hydrogen) atoms. The topological polar surface area (TPSA) is 51.5 Å². The van der Waals surface area contributed by atoms with Crippen LogP contribution in [-0.4, -0.2) is 28.9 Å². The van der Waals surface area contributed by atoms with Crippen LogP contribution in [0.15, 0.2) is 18.5 Å². The third-order valence-corrected chi connectivity index (χ3v) is 2.65. The van der Waals surface area contributed by atoms with E-state index < -0.39 is 0 Å². The summed E-state index contributed by atoms with van der Waals surface area (Å²) in [7, 11) is 1.37. The smallest absolute Gasteiger partial charge is 0.339 e. The SMILES string of the molecule is COC(=O)c1ccn(C2CC(O)C2)c1. The van der Waals surface area contributed by atoms with Crippen molar-refractivity contribution in [3.63, 3.8) is 0 Å². The molecule has 1 saturated carbocycles. The van der Waals surface area contributed by atoms with Crippen molar-refractivity contribution in [2.75, 3.05) is 7.11 Å². The van der Waals surface area contributed by atoms with Gasteiger partial charge in [0.05, 0.1) is 18.8 Å². The Kier molecular flexibility index (Phi) is 2.29. The normalized spacial score (nSPS) is 25.6. The van der Waals surface area contributed by atoms with Gasteiger partial charge in [-0.1, -0.05) is 0 Å². The molecule has 0 saturated heterocycles. The quantitative estimate of drug-likeness (QED) is 0.715. The van der Waals surface area contributed by atoms with Crippen molar-refractivity contribution in [2.24, 2.45) is 0 Å². The Morgan fingerprint density at radius 2 is 2.36 bits per heavy atom. The van der Waals surface area contributed by atoms with Crippen molar-refractivity contribution in [1.82, 2.24) is 4.57 Å². The fraction of sp³-hybridized carbons (Fsp3) is 0.500. The monoisotopic (exact) mass is 195 g/mol. The molecule has 0 atom stereocenters. The molecule has 0 bridgehead atoms. The highest BCUT2D eigenvalue weighted by Crippen LogP contribution is 2.32. The zero-order chi connectivity index (χ0) is 10.1. The predicted octanol–water partition coefficient (Wildman–Crippen LogP) is 0.970. The second kappa shape index (κ2) is 3.46. The van der Waals surface area contributed by atoms with Gasteiger partial charge in [0.1, 0.15) is 0 Å². The largest absolute Gasteiger partial charge is 0.465 e. The first-order valence-corrected chi connectivity index (χ1v) is 4.64. The number of rotatable bonds is 2. The molecular formula is C10H13NO3. The number of ether oxygens (including phenoxy) is 1. The van der Waals surface area contributed by atoms with Crippen LogP contribution in [0.4, 0.5) is 0 Å². The minimum Gasteiger partial charge on any atom is -0.465 e. The van der Waals surface area contributed by atoms with Crippen LogP contribution >= 0.6 is 0 Å². The molecule has 0 radical (unpaired) electrons. The average molecular weight is 195 g/mol. The molecule has 4 heteroatoms. The van der Waals surface area contributed by atoms with Crippen molar-refractivity contribution in [2.45, 2.75) is 25.0 Å². The summed E-state index contributed by atoms with van der Waals surface area (Å²) in [5.41, 5.74) is 0.564. The van der Waals surface area contributed by atoms with E-state index in [1.165, 1.54) is 7.11 Å². The minimum absolute atomic E-state index is 0.177. The molecule has 1 aromatic heterocycles. The molecule has 1 aliphatic rings.